The van der Waals surface area contributed by atoms with Gasteiger partial charge in [0.1, 0.15) is 17.5 Å². The summed E-state index contributed by atoms with van der Waals surface area (Å²) in [6.07, 6.45) is 0.663. The highest BCUT2D eigenvalue weighted by molar-refractivity contribution is 5.73. The van der Waals surface area contributed by atoms with Gasteiger partial charge in [0.05, 0.1) is 20.3 Å². The van der Waals surface area contributed by atoms with E-state index in [2.05, 4.69) is 0 Å². The number of carboxylic acid groups (broad SMARTS) is 1. The smallest absolute Gasteiger partial charge is 0.320 e. The monoisotopic (exact) mass is 295 g/mol. The molecular formula is C15H21NO5. The van der Waals surface area contributed by atoms with E-state index in [-0.39, 0.29) is 6.54 Å². The van der Waals surface area contributed by atoms with Crippen LogP contribution >= 0.6 is 0 Å². The zero-order chi connectivity index (χ0) is 15.4. The summed E-state index contributed by atoms with van der Waals surface area (Å²) in [5.41, 5.74) is 0.634. The number of carbonyl (C=O) groups is 1. The Morgan fingerprint density at radius 3 is 2.81 bits per heavy atom. The first kappa shape index (κ1) is 15.6. The van der Waals surface area contributed by atoms with Crippen LogP contribution in [0.2, 0.25) is 0 Å². The van der Waals surface area contributed by atoms with E-state index in [0.717, 1.165) is 6.42 Å². The van der Waals surface area contributed by atoms with Gasteiger partial charge in [0.25, 0.3) is 0 Å². The normalized spacial score (nSPS) is 20.2. The van der Waals surface area contributed by atoms with Crippen LogP contribution in [0.5, 0.6) is 11.5 Å². The number of β-amino-alcohol motifs (C(OH)–C–C–N with tert-alkyl or cyclic N) is 1. The lowest BCUT2D eigenvalue weighted by atomic mass is 10.1. The van der Waals surface area contributed by atoms with Gasteiger partial charge in [-0.2, -0.15) is 0 Å². The average molecular weight is 295 g/mol. The molecule has 0 spiro atoms. The third kappa shape index (κ3) is 3.46. The van der Waals surface area contributed by atoms with Crippen LogP contribution in [0.25, 0.3) is 0 Å². The molecule has 0 radical (unpaired) electrons. The lowest BCUT2D eigenvalue weighted by Gasteiger charge is -2.25. The maximum Gasteiger partial charge on any atom is 0.320 e. The van der Waals surface area contributed by atoms with E-state index in [1.165, 1.54) is 7.11 Å². The second kappa shape index (κ2) is 6.78. The number of ether oxygens (including phenoxy) is 2. The molecule has 0 saturated carbocycles. The van der Waals surface area contributed by atoms with Gasteiger partial charge < -0.3 is 19.7 Å². The van der Waals surface area contributed by atoms with Gasteiger partial charge in [0, 0.05) is 18.2 Å². The van der Waals surface area contributed by atoms with Crippen molar-refractivity contribution in [2.24, 2.45) is 0 Å². The fourth-order valence-corrected chi connectivity index (χ4v) is 2.74. The second-order valence-electron chi connectivity index (χ2n) is 5.11. The largest absolute Gasteiger partial charge is 0.497 e. The number of aliphatic hydroxyl groups excluding tert-OH is 1. The highest BCUT2D eigenvalue weighted by Crippen LogP contribution is 2.31. The van der Waals surface area contributed by atoms with E-state index >= 15 is 0 Å². The van der Waals surface area contributed by atoms with Crippen molar-refractivity contribution < 1.29 is 24.5 Å². The van der Waals surface area contributed by atoms with Crippen molar-refractivity contribution in [1.82, 2.24) is 4.90 Å². The molecule has 0 amide bonds. The zero-order valence-electron chi connectivity index (χ0n) is 12.3. The Hall–Kier alpha value is -1.79. The molecule has 1 aliphatic rings. The summed E-state index contributed by atoms with van der Waals surface area (Å²) in [7, 11) is 3.09. The van der Waals surface area contributed by atoms with E-state index in [1.807, 2.05) is 0 Å². The number of aliphatic hydroxyl groups is 1. The first-order chi connectivity index (χ1) is 10.1. The van der Waals surface area contributed by atoms with E-state index in [1.54, 1.807) is 30.2 Å². The minimum absolute atomic E-state index is 0.277. The van der Waals surface area contributed by atoms with Gasteiger partial charge >= 0.3 is 5.97 Å². The molecule has 2 unspecified atom stereocenters. The number of benzene rings is 1. The molecule has 0 aromatic heterocycles. The zero-order valence-corrected chi connectivity index (χ0v) is 12.3. The van der Waals surface area contributed by atoms with Crippen LogP contribution in [0.1, 0.15) is 24.5 Å². The Kier molecular flexibility index (Phi) is 5.03. The van der Waals surface area contributed by atoms with E-state index in [0.29, 0.717) is 30.0 Å². The third-order valence-electron chi connectivity index (χ3n) is 3.86. The van der Waals surface area contributed by atoms with Crippen molar-refractivity contribution in [2.45, 2.75) is 25.0 Å². The lowest BCUT2D eigenvalue weighted by Crippen LogP contribution is -2.38. The molecule has 1 aromatic carbocycles. The Morgan fingerprint density at radius 1 is 1.43 bits per heavy atom. The number of rotatable bonds is 6. The van der Waals surface area contributed by atoms with Gasteiger partial charge in [-0.3, -0.25) is 9.69 Å². The molecule has 1 saturated heterocycles. The molecule has 6 heteroatoms. The Balaban J connectivity index is 2.13. The number of hydrogen-bond acceptors (Lipinski definition) is 5. The molecule has 2 atom stereocenters. The highest BCUT2D eigenvalue weighted by Gasteiger charge is 2.32. The van der Waals surface area contributed by atoms with Crippen LogP contribution in [0.4, 0.5) is 0 Å². The van der Waals surface area contributed by atoms with Crippen molar-refractivity contribution in [3.05, 3.63) is 23.8 Å². The van der Waals surface area contributed by atoms with E-state index in [4.69, 9.17) is 9.47 Å². The van der Waals surface area contributed by atoms with Gasteiger partial charge in [-0.15, -0.1) is 0 Å². The summed E-state index contributed by atoms with van der Waals surface area (Å²) in [5, 5.41) is 19.6. The summed E-state index contributed by atoms with van der Waals surface area (Å²) < 4.78 is 10.4. The predicted octanol–water partition coefficient (Wildman–Crippen LogP) is 1.29. The van der Waals surface area contributed by atoms with Crippen LogP contribution in [0.3, 0.4) is 0 Å². The number of carboxylic acids is 1. The van der Waals surface area contributed by atoms with Gasteiger partial charge in [-0.1, -0.05) is 0 Å². The van der Waals surface area contributed by atoms with Crippen molar-refractivity contribution in [1.29, 1.82) is 0 Å². The molecule has 1 aromatic rings. The minimum atomic E-state index is -0.832. The topological polar surface area (TPSA) is 79.2 Å². The fraction of sp³-hybridized carbons (Fsp3) is 0.533. The number of aliphatic carboxylic acids is 1. The average Bonchev–Trinajstić information content (AvgIpc) is 2.94. The molecule has 1 fully saturated rings. The van der Waals surface area contributed by atoms with Crippen molar-refractivity contribution >= 4 is 5.97 Å². The van der Waals surface area contributed by atoms with Crippen LogP contribution in [0.15, 0.2) is 18.2 Å². The molecule has 116 valence electrons. The van der Waals surface area contributed by atoms with Crippen molar-refractivity contribution in [2.75, 3.05) is 27.3 Å². The number of likely N-dealkylation sites (tertiary alicyclic amines) is 1. The van der Waals surface area contributed by atoms with Crippen LogP contribution < -0.4 is 9.47 Å². The summed E-state index contributed by atoms with van der Waals surface area (Å²) >= 11 is 0. The Labute approximate surface area is 123 Å². The highest BCUT2D eigenvalue weighted by atomic mass is 16.5. The molecule has 2 rings (SSSR count). The second-order valence-corrected chi connectivity index (χ2v) is 5.11. The molecule has 0 bridgehead atoms. The summed E-state index contributed by atoms with van der Waals surface area (Å²) in [6.45, 7) is 0.964. The van der Waals surface area contributed by atoms with Crippen LogP contribution in [-0.2, 0) is 4.79 Å². The van der Waals surface area contributed by atoms with Gasteiger partial charge in [0.2, 0.25) is 0 Å². The predicted molar refractivity (Wildman–Crippen MR) is 76.7 cm³/mol. The molecule has 2 N–H and O–H groups in total. The standard InChI is InChI=1S/C15H21NO5/c1-20-10-5-6-11(14(8-10)21-2)13(17)9-16-7-3-4-12(16)15(18)19/h5-6,8,12-13,17H,3-4,7,9H2,1-2H3,(H,18,19). The van der Waals surface area contributed by atoms with Gasteiger partial charge in [0.15, 0.2) is 0 Å². The molecule has 21 heavy (non-hydrogen) atoms. The maximum atomic E-state index is 11.2. The van der Waals surface area contributed by atoms with Gasteiger partial charge in [-0.25, -0.2) is 0 Å². The Bertz CT molecular complexity index is 505. The van der Waals surface area contributed by atoms with Crippen molar-refractivity contribution in [3.8, 4) is 11.5 Å². The van der Waals surface area contributed by atoms with Crippen LogP contribution in [-0.4, -0.2) is 54.4 Å². The number of nitrogens with zero attached hydrogens (tertiary/aromatic N) is 1. The molecule has 6 nitrogen and oxygen atoms in total. The third-order valence-corrected chi connectivity index (χ3v) is 3.86. The number of hydrogen-bond donors (Lipinski definition) is 2. The van der Waals surface area contributed by atoms with E-state index < -0.39 is 18.1 Å². The molecule has 1 aliphatic heterocycles. The summed E-state index contributed by atoms with van der Waals surface area (Å²) in [4.78, 5) is 13.0. The molecular weight excluding hydrogens is 274 g/mol. The molecule has 0 aliphatic carbocycles. The lowest BCUT2D eigenvalue weighted by molar-refractivity contribution is -0.142. The van der Waals surface area contributed by atoms with E-state index in [9.17, 15) is 15.0 Å². The fourth-order valence-electron chi connectivity index (χ4n) is 2.74. The SMILES string of the molecule is COc1ccc(C(O)CN2CCCC2C(=O)O)c(OC)c1. The van der Waals surface area contributed by atoms with Crippen LogP contribution in [0, 0.1) is 0 Å². The van der Waals surface area contributed by atoms with Gasteiger partial charge in [-0.05, 0) is 31.5 Å². The first-order valence-electron chi connectivity index (χ1n) is 6.93. The Morgan fingerprint density at radius 2 is 2.19 bits per heavy atom. The quantitative estimate of drug-likeness (QED) is 0.823. The first-order valence-corrected chi connectivity index (χ1v) is 6.93. The number of methoxy groups -OCH3 is 2. The maximum absolute atomic E-state index is 11.2. The van der Waals surface area contributed by atoms with Crippen molar-refractivity contribution in [3.63, 3.8) is 0 Å². The summed E-state index contributed by atoms with van der Waals surface area (Å²) in [5.74, 6) is 0.349. The minimum Gasteiger partial charge on any atom is -0.497 e. The molecule has 1 heterocycles. The summed E-state index contributed by atoms with van der Waals surface area (Å²) in [6, 6.07) is 4.69.